The summed E-state index contributed by atoms with van der Waals surface area (Å²) in [4.78, 5) is 26.1. The molecule has 24 heavy (non-hydrogen) atoms. The minimum atomic E-state index is -0.132. The summed E-state index contributed by atoms with van der Waals surface area (Å²) >= 11 is 0. The minimum Gasteiger partial charge on any atom is -0.493 e. The first kappa shape index (κ1) is 18.3. The Bertz CT molecular complexity index is 562. The number of carbonyl (C=O) groups excluding carboxylic acids is 2. The Morgan fingerprint density at radius 2 is 2.25 bits per heavy atom. The number of amides is 2. The molecule has 1 unspecified atom stereocenters. The smallest absolute Gasteiger partial charge is 0.226 e. The van der Waals surface area contributed by atoms with Crippen LogP contribution in [0.2, 0.25) is 0 Å². The van der Waals surface area contributed by atoms with E-state index in [9.17, 15) is 9.59 Å². The van der Waals surface area contributed by atoms with Crippen molar-refractivity contribution < 1.29 is 14.3 Å². The van der Waals surface area contributed by atoms with Gasteiger partial charge in [0.15, 0.2) is 0 Å². The van der Waals surface area contributed by atoms with Gasteiger partial charge in [0.25, 0.3) is 0 Å². The molecule has 1 aliphatic heterocycles. The van der Waals surface area contributed by atoms with Crippen LogP contribution in [0.3, 0.4) is 0 Å². The molecule has 2 amide bonds. The molecule has 1 aromatic carbocycles. The molecule has 0 spiro atoms. The zero-order valence-corrected chi connectivity index (χ0v) is 14.3. The van der Waals surface area contributed by atoms with Crippen molar-refractivity contribution in [3.63, 3.8) is 0 Å². The Morgan fingerprint density at radius 3 is 3.00 bits per heavy atom. The van der Waals surface area contributed by atoms with Crippen LogP contribution in [0.1, 0.15) is 24.8 Å². The Balaban J connectivity index is 1.76. The third kappa shape index (κ3) is 5.53. The number of nitrogens with one attached hydrogen (secondary N) is 1. The van der Waals surface area contributed by atoms with E-state index in [-0.39, 0.29) is 17.7 Å². The van der Waals surface area contributed by atoms with Gasteiger partial charge in [-0.25, -0.2) is 0 Å². The maximum absolute atomic E-state index is 12.3. The molecule has 1 aliphatic rings. The summed E-state index contributed by atoms with van der Waals surface area (Å²) in [5.41, 5.74) is 6.53. The van der Waals surface area contributed by atoms with Crippen LogP contribution in [0.4, 0.5) is 0 Å². The minimum absolute atomic E-state index is 0.00559. The molecule has 1 saturated heterocycles. The summed E-state index contributed by atoms with van der Waals surface area (Å²) in [5, 5.41) is 2.80. The van der Waals surface area contributed by atoms with Gasteiger partial charge < -0.3 is 20.7 Å². The summed E-state index contributed by atoms with van der Waals surface area (Å²) in [6.45, 7) is 4.46. The van der Waals surface area contributed by atoms with Gasteiger partial charge in [0.1, 0.15) is 5.75 Å². The highest BCUT2D eigenvalue weighted by atomic mass is 16.5. The highest BCUT2D eigenvalue weighted by molar-refractivity contribution is 5.81. The van der Waals surface area contributed by atoms with E-state index in [1.807, 2.05) is 31.2 Å². The zero-order valence-electron chi connectivity index (χ0n) is 14.3. The van der Waals surface area contributed by atoms with Crippen molar-refractivity contribution in [2.75, 3.05) is 32.8 Å². The molecular weight excluding hydrogens is 306 g/mol. The number of hydrogen-bond donors (Lipinski definition) is 2. The molecule has 6 heteroatoms. The van der Waals surface area contributed by atoms with E-state index in [1.165, 1.54) is 0 Å². The number of benzene rings is 1. The number of rotatable bonds is 7. The van der Waals surface area contributed by atoms with Gasteiger partial charge in [-0.3, -0.25) is 9.59 Å². The Hall–Kier alpha value is -2.08. The van der Waals surface area contributed by atoms with Gasteiger partial charge in [0.05, 0.1) is 18.9 Å². The molecule has 2 rings (SSSR count). The van der Waals surface area contributed by atoms with Gasteiger partial charge in [-0.05, 0) is 37.5 Å². The van der Waals surface area contributed by atoms with E-state index < -0.39 is 0 Å². The molecule has 6 nitrogen and oxygen atoms in total. The van der Waals surface area contributed by atoms with Crippen molar-refractivity contribution in [3.8, 4) is 5.75 Å². The molecule has 1 atom stereocenters. The Morgan fingerprint density at radius 1 is 1.42 bits per heavy atom. The number of hydrogen-bond acceptors (Lipinski definition) is 4. The monoisotopic (exact) mass is 333 g/mol. The fourth-order valence-corrected chi connectivity index (χ4v) is 2.88. The average Bonchev–Trinajstić information content (AvgIpc) is 2.59. The first-order valence-electron chi connectivity index (χ1n) is 8.55. The highest BCUT2D eigenvalue weighted by Crippen LogP contribution is 2.18. The maximum atomic E-state index is 12.3. The molecule has 0 bridgehead atoms. The van der Waals surface area contributed by atoms with Crippen LogP contribution in [0, 0.1) is 12.8 Å². The van der Waals surface area contributed by atoms with Crippen molar-refractivity contribution in [2.24, 2.45) is 11.7 Å². The van der Waals surface area contributed by atoms with Crippen molar-refractivity contribution in [2.45, 2.75) is 26.2 Å². The third-order valence-corrected chi connectivity index (χ3v) is 4.16. The first-order chi connectivity index (χ1) is 11.6. The summed E-state index contributed by atoms with van der Waals surface area (Å²) in [6, 6.07) is 7.77. The van der Waals surface area contributed by atoms with Gasteiger partial charge in [0.2, 0.25) is 11.8 Å². The van der Waals surface area contributed by atoms with E-state index in [0.29, 0.717) is 39.2 Å². The number of piperidine rings is 1. The average molecular weight is 333 g/mol. The van der Waals surface area contributed by atoms with E-state index in [2.05, 4.69) is 5.32 Å². The van der Waals surface area contributed by atoms with Crippen LogP contribution in [-0.2, 0) is 9.59 Å². The van der Waals surface area contributed by atoms with Crippen LogP contribution in [0.15, 0.2) is 24.3 Å². The van der Waals surface area contributed by atoms with Crippen molar-refractivity contribution in [1.29, 1.82) is 0 Å². The quantitative estimate of drug-likeness (QED) is 0.782. The Kier molecular flexibility index (Phi) is 7.06. The SMILES string of the molecule is Cc1cccc(OCCC(=O)N2CCCC(C(=O)NCCN)C2)c1. The zero-order chi connectivity index (χ0) is 17.4. The third-order valence-electron chi connectivity index (χ3n) is 4.16. The summed E-state index contributed by atoms with van der Waals surface area (Å²) < 4.78 is 5.64. The summed E-state index contributed by atoms with van der Waals surface area (Å²) in [6.07, 6.45) is 2.00. The summed E-state index contributed by atoms with van der Waals surface area (Å²) in [7, 11) is 0. The van der Waals surface area contributed by atoms with Gasteiger partial charge in [-0.1, -0.05) is 12.1 Å². The molecule has 3 N–H and O–H groups in total. The molecule has 1 fully saturated rings. The standard InChI is InChI=1S/C18H27N3O3/c1-14-4-2-6-16(12-14)24-11-7-17(22)21-10-3-5-15(13-21)18(23)20-9-8-19/h2,4,6,12,15H,3,5,7-11,13,19H2,1H3,(H,20,23). The predicted molar refractivity (Wildman–Crippen MR) is 92.7 cm³/mol. The molecule has 0 saturated carbocycles. The lowest BCUT2D eigenvalue weighted by Gasteiger charge is -2.32. The van der Waals surface area contributed by atoms with Crippen LogP contribution >= 0.6 is 0 Å². The number of aryl methyl sites for hydroxylation is 1. The molecule has 1 heterocycles. The lowest BCUT2D eigenvalue weighted by Crippen LogP contribution is -2.46. The van der Waals surface area contributed by atoms with Crippen LogP contribution in [0.5, 0.6) is 5.75 Å². The highest BCUT2D eigenvalue weighted by Gasteiger charge is 2.27. The molecule has 0 aromatic heterocycles. The number of nitrogens with zero attached hydrogens (tertiary/aromatic N) is 1. The second-order valence-electron chi connectivity index (χ2n) is 6.17. The van der Waals surface area contributed by atoms with E-state index in [0.717, 1.165) is 24.2 Å². The van der Waals surface area contributed by atoms with Crippen LogP contribution in [-0.4, -0.2) is 49.5 Å². The second kappa shape index (κ2) is 9.27. The maximum Gasteiger partial charge on any atom is 0.226 e. The van der Waals surface area contributed by atoms with Gasteiger partial charge >= 0.3 is 0 Å². The van der Waals surface area contributed by atoms with Crippen molar-refractivity contribution in [3.05, 3.63) is 29.8 Å². The van der Waals surface area contributed by atoms with E-state index >= 15 is 0 Å². The molecule has 0 radical (unpaired) electrons. The van der Waals surface area contributed by atoms with Crippen molar-refractivity contribution >= 4 is 11.8 Å². The number of likely N-dealkylation sites (tertiary alicyclic amines) is 1. The van der Waals surface area contributed by atoms with Gasteiger partial charge in [-0.15, -0.1) is 0 Å². The lowest BCUT2D eigenvalue weighted by molar-refractivity contribution is -0.136. The van der Waals surface area contributed by atoms with Gasteiger partial charge in [0, 0.05) is 26.2 Å². The fraction of sp³-hybridized carbons (Fsp3) is 0.556. The number of carbonyl (C=O) groups is 2. The number of ether oxygens (including phenoxy) is 1. The lowest BCUT2D eigenvalue weighted by atomic mass is 9.97. The normalized spacial score (nSPS) is 17.4. The van der Waals surface area contributed by atoms with Crippen LogP contribution in [0.25, 0.3) is 0 Å². The number of nitrogens with two attached hydrogens (primary N) is 1. The van der Waals surface area contributed by atoms with E-state index in [1.54, 1.807) is 4.90 Å². The van der Waals surface area contributed by atoms with Crippen LogP contribution < -0.4 is 15.8 Å². The van der Waals surface area contributed by atoms with E-state index in [4.69, 9.17) is 10.5 Å². The fourth-order valence-electron chi connectivity index (χ4n) is 2.88. The molecular formula is C18H27N3O3. The molecule has 1 aromatic rings. The topological polar surface area (TPSA) is 84.7 Å². The predicted octanol–water partition coefficient (Wildman–Crippen LogP) is 1.08. The van der Waals surface area contributed by atoms with Crippen molar-refractivity contribution in [1.82, 2.24) is 10.2 Å². The second-order valence-corrected chi connectivity index (χ2v) is 6.17. The van der Waals surface area contributed by atoms with Gasteiger partial charge in [-0.2, -0.15) is 0 Å². The first-order valence-corrected chi connectivity index (χ1v) is 8.55. The molecule has 132 valence electrons. The Labute approximate surface area is 143 Å². The largest absolute Gasteiger partial charge is 0.493 e. The molecule has 0 aliphatic carbocycles. The summed E-state index contributed by atoms with van der Waals surface area (Å²) in [5.74, 6) is 0.681.